The van der Waals surface area contributed by atoms with Crippen LogP contribution in [-0.4, -0.2) is 54.8 Å². The number of nitrogens with zero attached hydrogens (tertiary/aromatic N) is 6. The molecule has 1 fully saturated rings. The molecule has 0 aromatic carbocycles. The number of aromatic nitrogens is 4. The van der Waals surface area contributed by atoms with Crippen molar-refractivity contribution in [3.05, 3.63) is 54.3 Å². The van der Waals surface area contributed by atoms with Crippen molar-refractivity contribution in [3.8, 4) is 11.3 Å². The maximum atomic E-state index is 12.7. The molecule has 9 heteroatoms. The van der Waals surface area contributed by atoms with Crippen LogP contribution >= 0.6 is 0 Å². The van der Waals surface area contributed by atoms with Crippen LogP contribution in [0.2, 0.25) is 0 Å². The Morgan fingerprint density at radius 3 is 2.67 bits per heavy atom. The lowest BCUT2D eigenvalue weighted by Gasteiger charge is -2.27. The molecular weight excluding hydrogens is 348 g/mol. The minimum atomic E-state index is -0.337. The predicted octanol–water partition coefficient (Wildman–Crippen LogP) is 1.53. The third-order valence-corrected chi connectivity index (χ3v) is 4.31. The van der Waals surface area contributed by atoms with Gasteiger partial charge in [-0.25, -0.2) is 10.0 Å². The Balaban J connectivity index is 1.46. The molecule has 1 saturated heterocycles. The maximum Gasteiger partial charge on any atom is 0.294 e. The number of amides is 2. The number of carbonyl (C=O) groups excluding carboxylic acids is 2. The summed E-state index contributed by atoms with van der Waals surface area (Å²) in [5, 5.41) is 11.1. The van der Waals surface area contributed by atoms with Crippen molar-refractivity contribution < 1.29 is 14.1 Å². The highest BCUT2D eigenvalue weighted by molar-refractivity contribution is 5.94. The number of hydrazine groups is 1. The predicted molar refractivity (Wildman–Crippen MR) is 94.1 cm³/mol. The second-order valence-electron chi connectivity index (χ2n) is 6.26. The second-order valence-corrected chi connectivity index (χ2v) is 6.26. The average Bonchev–Trinajstić information content (AvgIpc) is 3.42. The van der Waals surface area contributed by atoms with Crippen molar-refractivity contribution in [2.24, 2.45) is 0 Å². The summed E-state index contributed by atoms with van der Waals surface area (Å²) in [7, 11) is 0. The molecule has 2 amide bonds. The molecule has 9 nitrogen and oxygen atoms in total. The van der Waals surface area contributed by atoms with Gasteiger partial charge >= 0.3 is 0 Å². The van der Waals surface area contributed by atoms with Gasteiger partial charge in [0.2, 0.25) is 0 Å². The van der Waals surface area contributed by atoms with Crippen molar-refractivity contribution in [2.45, 2.75) is 19.9 Å². The van der Waals surface area contributed by atoms with Crippen LogP contribution < -0.4 is 0 Å². The Hall–Kier alpha value is -3.49. The van der Waals surface area contributed by atoms with Gasteiger partial charge in [-0.3, -0.25) is 19.3 Å². The van der Waals surface area contributed by atoms with Crippen molar-refractivity contribution in [2.75, 3.05) is 13.1 Å². The van der Waals surface area contributed by atoms with E-state index in [4.69, 9.17) is 4.52 Å². The molecule has 1 aliphatic heterocycles. The molecule has 1 aliphatic rings. The summed E-state index contributed by atoms with van der Waals surface area (Å²) in [4.78, 5) is 29.3. The maximum absolute atomic E-state index is 12.7. The molecule has 0 aliphatic carbocycles. The summed E-state index contributed by atoms with van der Waals surface area (Å²) in [5.74, 6) is 0.0108. The smallest absolute Gasteiger partial charge is 0.294 e. The highest BCUT2D eigenvalue weighted by Gasteiger charge is 2.32. The Morgan fingerprint density at radius 2 is 1.93 bits per heavy atom. The van der Waals surface area contributed by atoms with Gasteiger partial charge in [0.15, 0.2) is 5.69 Å². The number of aryl methyl sites for hydroxylation is 1. The molecule has 3 aromatic rings. The van der Waals surface area contributed by atoms with Gasteiger partial charge in [-0.05, 0) is 31.5 Å². The van der Waals surface area contributed by atoms with Gasteiger partial charge in [-0.1, -0.05) is 5.16 Å². The number of hydrogen-bond donors (Lipinski definition) is 0. The molecular formula is C18H18N6O3. The molecule has 0 N–H and O–H groups in total. The monoisotopic (exact) mass is 366 g/mol. The Morgan fingerprint density at radius 1 is 1.15 bits per heavy atom. The van der Waals surface area contributed by atoms with Crippen LogP contribution in [0.5, 0.6) is 0 Å². The quantitative estimate of drug-likeness (QED) is 0.695. The highest BCUT2D eigenvalue weighted by Crippen LogP contribution is 2.18. The van der Waals surface area contributed by atoms with Gasteiger partial charge in [0.25, 0.3) is 11.8 Å². The molecule has 0 spiro atoms. The fraction of sp³-hybridized carbons (Fsp3) is 0.278. The van der Waals surface area contributed by atoms with Crippen LogP contribution in [0, 0.1) is 6.92 Å². The van der Waals surface area contributed by atoms with Gasteiger partial charge in [0.05, 0.1) is 5.69 Å². The molecule has 27 heavy (non-hydrogen) atoms. The van der Waals surface area contributed by atoms with E-state index < -0.39 is 0 Å². The number of hydrogen-bond acceptors (Lipinski definition) is 6. The fourth-order valence-corrected chi connectivity index (χ4v) is 3.03. The molecule has 0 saturated carbocycles. The van der Waals surface area contributed by atoms with Crippen molar-refractivity contribution in [1.29, 1.82) is 0 Å². The molecule has 0 radical (unpaired) electrons. The van der Waals surface area contributed by atoms with E-state index in [9.17, 15) is 9.59 Å². The third kappa shape index (κ3) is 3.43. The van der Waals surface area contributed by atoms with E-state index in [1.54, 1.807) is 36.3 Å². The molecule has 4 rings (SSSR count). The Labute approximate surface area is 155 Å². The van der Waals surface area contributed by atoms with Gasteiger partial charge in [0, 0.05) is 43.3 Å². The summed E-state index contributed by atoms with van der Waals surface area (Å²) in [6.45, 7) is 2.72. The molecule has 0 atom stereocenters. The average molecular weight is 366 g/mol. The first kappa shape index (κ1) is 17.0. The lowest BCUT2D eigenvalue weighted by atomic mass is 10.2. The zero-order chi connectivity index (χ0) is 18.8. The molecule has 0 bridgehead atoms. The standard InChI is InChI=1S/C18H18N6O3/c1-13-11-16(21-27-13)18(26)24-9-2-8-23(24)17(25)12-22-10-5-15(20-22)14-3-6-19-7-4-14/h3-7,10-11H,2,8-9,12H2,1H3. The third-order valence-electron chi connectivity index (χ3n) is 4.31. The summed E-state index contributed by atoms with van der Waals surface area (Å²) >= 11 is 0. The van der Waals surface area contributed by atoms with Crippen molar-refractivity contribution >= 4 is 11.8 Å². The van der Waals surface area contributed by atoms with Crippen molar-refractivity contribution in [1.82, 2.24) is 29.9 Å². The number of carbonyl (C=O) groups is 2. The van der Waals surface area contributed by atoms with Crippen LogP contribution in [0.3, 0.4) is 0 Å². The lowest BCUT2D eigenvalue weighted by Crippen LogP contribution is -2.46. The van der Waals surface area contributed by atoms with Crippen LogP contribution in [0.15, 0.2) is 47.4 Å². The molecule has 0 unspecified atom stereocenters. The lowest BCUT2D eigenvalue weighted by molar-refractivity contribution is -0.141. The first-order chi connectivity index (χ1) is 13.1. The first-order valence-corrected chi connectivity index (χ1v) is 8.61. The van der Waals surface area contributed by atoms with Gasteiger partial charge in [-0.15, -0.1) is 0 Å². The largest absolute Gasteiger partial charge is 0.361 e. The minimum Gasteiger partial charge on any atom is -0.361 e. The minimum absolute atomic E-state index is 0.0483. The molecule has 138 valence electrons. The number of rotatable bonds is 4. The first-order valence-electron chi connectivity index (χ1n) is 8.61. The molecule has 3 aromatic heterocycles. The SMILES string of the molecule is Cc1cc(C(=O)N2CCCN2C(=O)Cn2ccc(-c3ccncc3)n2)no1. The van der Waals surface area contributed by atoms with Crippen molar-refractivity contribution in [3.63, 3.8) is 0 Å². The van der Waals surface area contributed by atoms with Crippen LogP contribution in [-0.2, 0) is 11.3 Å². The van der Waals surface area contributed by atoms with E-state index >= 15 is 0 Å². The number of pyridine rings is 1. The highest BCUT2D eigenvalue weighted by atomic mass is 16.5. The van der Waals surface area contributed by atoms with E-state index in [0.717, 1.165) is 17.7 Å². The normalized spacial score (nSPS) is 14.0. The van der Waals surface area contributed by atoms with Gasteiger partial charge in [0.1, 0.15) is 12.3 Å². The zero-order valence-corrected chi connectivity index (χ0v) is 14.8. The van der Waals surface area contributed by atoms with E-state index in [0.29, 0.717) is 18.8 Å². The van der Waals surface area contributed by atoms with E-state index in [-0.39, 0.29) is 24.1 Å². The zero-order valence-electron chi connectivity index (χ0n) is 14.8. The molecule has 4 heterocycles. The topological polar surface area (TPSA) is 97.4 Å². The van der Waals surface area contributed by atoms with Gasteiger partial charge in [-0.2, -0.15) is 5.10 Å². The van der Waals surface area contributed by atoms with Crippen LogP contribution in [0.4, 0.5) is 0 Å². The Kier molecular flexibility index (Phi) is 4.41. The van der Waals surface area contributed by atoms with E-state index in [1.165, 1.54) is 10.0 Å². The van der Waals surface area contributed by atoms with Crippen LogP contribution in [0.25, 0.3) is 11.3 Å². The summed E-state index contributed by atoms with van der Waals surface area (Å²) < 4.78 is 6.53. The van der Waals surface area contributed by atoms with E-state index in [1.807, 2.05) is 18.2 Å². The second kappa shape index (κ2) is 7.02. The van der Waals surface area contributed by atoms with E-state index in [2.05, 4.69) is 15.2 Å². The van der Waals surface area contributed by atoms with Gasteiger partial charge < -0.3 is 4.52 Å². The summed E-state index contributed by atoms with van der Waals surface area (Å²) in [5.41, 5.74) is 1.89. The van der Waals surface area contributed by atoms with Crippen LogP contribution in [0.1, 0.15) is 22.7 Å². The Bertz CT molecular complexity index is 964. The summed E-state index contributed by atoms with van der Waals surface area (Å²) in [6, 6.07) is 7.12. The fourth-order valence-electron chi connectivity index (χ4n) is 3.03. The summed E-state index contributed by atoms with van der Waals surface area (Å²) in [6.07, 6.45) is 5.85.